The van der Waals surface area contributed by atoms with E-state index in [4.69, 9.17) is 4.74 Å². The Kier molecular flexibility index (Phi) is 2.34. The predicted molar refractivity (Wildman–Crippen MR) is 61.3 cm³/mol. The summed E-state index contributed by atoms with van der Waals surface area (Å²) >= 11 is 0. The maximum Gasteiger partial charge on any atom is 0.105 e. The van der Waals surface area contributed by atoms with E-state index in [0.717, 1.165) is 23.7 Å². The fourth-order valence-electron chi connectivity index (χ4n) is 4.13. The van der Waals surface area contributed by atoms with Crippen LogP contribution in [0.5, 0.6) is 0 Å². The Morgan fingerprint density at radius 1 is 1.07 bits per heavy atom. The zero-order valence-electron chi connectivity index (χ0n) is 9.32. The van der Waals surface area contributed by atoms with Gasteiger partial charge in [0.1, 0.15) is 6.61 Å². The molecular weight excluding hydrogens is 184 g/mol. The molecule has 1 nitrogen and oxygen atoms in total. The van der Waals surface area contributed by atoms with E-state index in [9.17, 15) is 0 Å². The van der Waals surface area contributed by atoms with Crippen molar-refractivity contribution in [1.82, 2.24) is 0 Å². The largest absolute Gasteiger partial charge is 0.497 e. The number of ether oxygens (including phenoxy) is 1. The van der Waals surface area contributed by atoms with Crippen molar-refractivity contribution < 1.29 is 4.74 Å². The first-order valence-electron chi connectivity index (χ1n) is 6.29. The Balaban J connectivity index is 1.74. The molecule has 0 amide bonds. The van der Waals surface area contributed by atoms with Gasteiger partial charge in [-0.2, -0.15) is 0 Å². The van der Waals surface area contributed by atoms with Gasteiger partial charge in [-0.3, -0.25) is 0 Å². The van der Waals surface area contributed by atoms with E-state index in [1.54, 1.807) is 5.57 Å². The summed E-state index contributed by atoms with van der Waals surface area (Å²) in [5, 5.41) is 0. The van der Waals surface area contributed by atoms with Gasteiger partial charge in [0.05, 0.1) is 6.26 Å². The molecule has 0 aromatic heterocycles. The molecule has 4 bridgehead atoms. The van der Waals surface area contributed by atoms with E-state index in [1.807, 2.05) is 6.08 Å². The lowest BCUT2D eigenvalue weighted by Crippen LogP contribution is -2.40. The molecule has 0 aromatic rings. The summed E-state index contributed by atoms with van der Waals surface area (Å²) < 4.78 is 5.53. The second kappa shape index (κ2) is 3.70. The van der Waals surface area contributed by atoms with Crippen LogP contribution in [0.2, 0.25) is 0 Å². The first-order valence-corrected chi connectivity index (χ1v) is 6.29. The van der Waals surface area contributed by atoms with Gasteiger partial charge in [0.2, 0.25) is 0 Å². The molecule has 82 valence electrons. The van der Waals surface area contributed by atoms with Crippen LogP contribution < -0.4 is 0 Å². The van der Waals surface area contributed by atoms with Gasteiger partial charge in [-0.1, -0.05) is 12.7 Å². The lowest BCUT2D eigenvalue weighted by molar-refractivity contribution is 0.0645. The third-order valence-electron chi connectivity index (χ3n) is 4.51. The van der Waals surface area contributed by atoms with Gasteiger partial charge in [-0.15, -0.1) is 0 Å². The molecule has 0 unspecified atom stereocenters. The molecule has 4 saturated carbocycles. The highest BCUT2D eigenvalue weighted by Gasteiger charge is 2.45. The Labute approximate surface area is 92.2 Å². The van der Waals surface area contributed by atoms with E-state index in [0.29, 0.717) is 6.61 Å². The van der Waals surface area contributed by atoms with Crippen LogP contribution in [0, 0.1) is 23.7 Å². The fraction of sp³-hybridized carbons (Fsp3) is 0.714. The Morgan fingerprint density at radius 3 is 2.20 bits per heavy atom. The maximum atomic E-state index is 5.53. The lowest BCUT2D eigenvalue weighted by atomic mass is 9.54. The molecule has 0 aliphatic heterocycles. The average Bonchev–Trinajstić information content (AvgIpc) is 2.21. The van der Waals surface area contributed by atoms with E-state index < -0.39 is 0 Å². The summed E-state index contributed by atoms with van der Waals surface area (Å²) in [4.78, 5) is 0. The molecule has 4 rings (SSSR count). The monoisotopic (exact) mass is 204 g/mol. The van der Waals surface area contributed by atoms with Crippen LogP contribution in [-0.4, -0.2) is 6.61 Å². The molecule has 0 heterocycles. The minimum Gasteiger partial charge on any atom is -0.497 e. The van der Waals surface area contributed by atoms with Gasteiger partial charge in [-0.05, 0) is 61.3 Å². The molecule has 4 aliphatic rings. The molecule has 4 fully saturated rings. The Morgan fingerprint density at radius 2 is 1.67 bits per heavy atom. The van der Waals surface area contributed by atoms with Crippen LogP contribution in [0.3, 0.4) is 0 Å². The number of rotatable bonds is 3. The van der Waals surface area contributed by atoms with Gasteiger partial charge in [0.15, 0.2) is 0 Å². The maximum absolute atomic E-state index is 5.53. The van der Waals surface area contributed by atoms with Crippen molar-refractivity contribution in [2.45, 2.75) is 32.1 Å². The van der Waals surface area contributed by atoms with Gasteiger partial charge < -0.3 is 4.74 Å². The molecule has 0 N–H and O–H groups in total. The van der Waals surface area contributed by atoms with Crippen molar-refractivity contribution >= 4 is 0 Å². The number of hydrogen-bond acceptors (Lipinski definition) is 1. The third-order valence-corrected chi connectivity index (χ3v) is 4.51. The molecule has 1 heteroatoms. The summed E-state index contributed by atoms with van der Waals surface area (Å²) in [6.45, 7) is 4.34. The fourth-order valence-corrected chi connectivity index (χ4v) is 4.13. The molecule has 0 atom stereocenters. The molecule has 0 saturated heterocycles. The van der Waals surface area contributed by atoms with Crippen LogP contribution in [0.25, 0.3) is 0 Å². The van der Waals surface area contributed by atoms with E-state index >= 15 is 0 Å². The van der Waals surface area contributed by atoms with Crippen molar-refractivity contribution in [3.05, 3.63) is 24.5 Å². The summed E-state index contributed by atoms with van der Waals surface area (Å²) in [5.74, 6) is 3.82. The molecular formula is C14H20O. The highest BCUT2D eigenvalue weighted by Crippen LogP contribution is 2.56. The summed E-state index contributed by atoms with van der Waals surface area (Å²) in [7, 11) is 0. The standard InChI is InChI=1S/C14H20O/c1-2-3-15-9-14-12-5-10-4-11(7-12)8-13(14)6-10/h2,9-13H,1,3-8H2. The van der Waals surface area contributed by atoms with Crippen LogP contribution in [0.1, 0.15) is 32.1 Å². The van der Waals surface area contributed by atoms with E-state index in [-0.39, 0.29) is 0 Å². The minimum absolute atomic E-state index is 0.662. The van der Waals surface area contributed by atoms with Gasteiger partial charge in [0, 0.05) is 0 Å². The summed E-state index contributed by atoms with van der Waals surface area (Å²) in [6, 6.07) is 0. The van der Waals surface area contributed by atoms with Crippen LogP contribution in [0.4, 0.5) is 0 Å². The molecule has 0 aromatic carbocycles. The highest BCUT2D eigenvalue weighted by atomic mass is 16.5. The Hall–Kier alpha value is -0.720. The molecule has 0 radical (unpaired) electrons. The quantitative estimate of drug-likeness (QED) is 0.388. The third kappa shape index (κ3) is 1.62. The van der Waals surface area contributed by atoms with Crippen molar-refractivity contribution in [2.24, 2.45) is 23.7 Å². The van der Waals surface area contributed by atoms with Crippen LogP contribution in [-0.2, 0) is 4.74 Å². The minimum atomic E-state index is 0.662. The van der Waals surface area contributed by atoms with Gasteiger partial charge in [0.25, 0.3) is 0 Å². The zero-order valence-corrected chi connectivity index (χ0v) is 9.32. The number of hydrogen-bond donors (Lipinski definition) is 0. The second-order valence-electron chi connectivity index (χ2n) is 5.54. The van der Waals surface area contributed by atoms with Gasteiger partial charge in [-0.25, -0.2) is 0 Å². The second-order valence-corrected chi connectivity index (χ2v) is 5.54. The predicted octanol–water partition coefficient (Wildman–Crippen LogP) is 3.53. The van der Waals surface area contributed by atoms with E-state index in [2.05, 4.69) is 12.8 Å². The van der Waals surface area contributed by atoms with Crippen molar-refractivity contribution in [3.63, 3.8) is 0 Å². The van der Waals surface area contributed by atoms with Crippen molar-refractivity contribution in [2.75, 3.05) is 6.61 Å². The SMILES string of the molecule is C=CCOC=C1C2CC3CC(C2)CC1C3. The van der Waals surface area contributed by atoms with E-state index in [1.165, 1.54) is 32.1 Å². The first-order chi connectivity index (χ1) is 7.36. The topological polar surface area (TPSA) is 9.23 Å². The highest BCUT2D eigenvalue weighted by molar-refractivity contribution is 5.18. The van der Waals surface area contributed by atoms with Gasteiger partial charge >= 0.3 is 0 Å². The molecule has 0 spiro atoms. The molecule has 4 aliphatic carbocycles. The van der Waals surface area contributed by atoms with Crippen molar-refractivity contribution in [1.29, 1.82) is 0 Å². The van der Waals surface area contributed by atoms with Crippen LogP contribution in [0.15, 0.2) is 24.5 Å². The zero-order chi connectivity index (χ0) is 10.3. The average molecular weight is 204 g/mol. The van der Waals surface area contributed by atoms with Crippen LogP contribution >= 0.6 is 0 Å². The smallest absolute Gasteiger partial charge is 0.105 e. The van der Waals surface area contributed by atoms with Crippen molar-refractivity contribution in [3.8, 4) is 0 Å². The normalized spacial score (nSPS) is 41.7. The Bertz CT molecular complexity index is 260. The lowest BCUT2D eigenvalue weighted by Gasteiger charge is -2.51. The molecule has 15 heavy (non-hydrogen) atoms. The summed E-state index contributed by atoms with van der Waals surface area (Å²) in [5.41, 5.74) is 1.63. The summed E-state index contributed by atoms with van der Waals surface area (Å²) in [6.07, 6.45) is 11.2. The number of allylic oxidation sites excluding steroid dienone is 1. The first kappa shape index (κ1) is 9.50.